The van der Waals surface area contributed by atoms with E-state index in [0.29, 0.717) is 0 Å². The molecule has 0 saturated carbocycles. The normalized spacial score (nSPS) is 15.1. The van der Waals surface area contributed by atoms with E-state index in [1.807, 2.05) is 81.4 Å². The predicted molar refractivity (Wildman–Crippen MR) is 115 cm³/mol. The molecular weight excluding hydrogens is 391 g/mol. The monoisotopic (exact) mass is 420 g/mol. The van der Waals surface area contributed by atoms with Gasteiger partial charge < -0.3 is 19.3 Å². The van der Waals surface area contributed by atoms with Crippen molar-refractivity contribution in [3.05, 3.63) is 72.6 Å². The minimum Gasteiger partial charge on any atom is -0.408 e. The van der Waals surface area contributed by atoms with Crippen molar-refractivity contribution in [2.24, 2.45) is 11.3 Å². The molecule has 2 rings (SSSR count). The Labute approximate surface area is 168 Å². The summed E-state index contributed by atoms with van der Waals surface area (Å²) >= 11 is 0. The Bertz CT molecular complexity index is 759. The molecule has 0 radical (unpaired) electrons. The lowest BCUT2D eigenvalue weighted by atomic mass is 9.77. The first kappa shape index (κ1) is 22.8. The maximum absolute atomic E-state index is 11.2. The molecule has 28 heavy (non-hydrogen) atoms. The Morgan fingerprint density at radius 1 is 1.00 bits per heavy atom. The summed E-state index contributed by atoms with van der Waals surface area (Å²) in [6, 6.07) is 19.9. The van der Waals surface area contributed by atoms with E-state index >= 15 is 0 Å². The topological polar surface area (TPSA) is 87.0 Å². The fourth-order valence-corrected chi connectivity index (χ4v) is 5.85. The summed E-state index contributed by atoms with van der Waals surface area (Å²) in [6.45, 7) is 5.87. The van der Waals surface area contributed by atoms with E-state index in [0.717, 1.165) is 16.2 Å². The quantitative estimate of drug-likeness (QED) is 0.450. The molecule has 0 aliphatic heterocycles. The molecule has 0 saturated heterocycles. The van der Waals surface area contributed by atoms with E-state index in [1.165, 1.54) is 6.08 Å². The van der Waals surface area contributed by atoms with Crippen LogP contribution in [0.2, 0.25) is 0 Å². The van der Waals surface area contributed by atoms with Crippen LogP contribution in [0.5, 0.6) is 0 Å². The molecule has 2 aromatic rings. The van der Waals surface area contributed by atoms with Crippen molar-refractivity contribution in [1.29, 1.82) is 0 Å². The summed E-state index contributed by atoms with van der Waals surface area (Å²) in [5.41, 5.74) is -0.384. The fraction of sp³-hybridized carbons (Fsp3) is 0.333. The first-order valence-electron chi connectivity index (χ1n) is 9.22. The van der Waals surface area contributed by atoms with Gasteiger partial charge in [-0.05, 0) is 15.8 Å². The molecule has 0 spiro atoms. The second-order valence-corrected chi connectivity index (χ2v) is 11.8. The highest BCUT2D eigenvalue weighted by Gasteiger charge is 2.31. The molecule has 0 fully saturated rings. The Kier molecular flexibility index (Phi) is 7.95. The summed E-state index contributed by atoms with van der Waals surface area (Å²) in [7, 11) is -6.28. The van der Waals surface area contributed by atoms with Crippen LogP contribution in [0.25, 0.3) is 0 Å². The number of hydrogen-bond acceptors (Lipinski definition) is 3. The van der Waals surface area contributed by atoms with E-state index in [1.54, 1.807) is 0 Å². The SMILES string of the molecule is CC(C)(C)C(C=CP(=O)(O)O)C(O)CO[SiH](c1ccccc1)c1ccccc1. The number of benzene rings is 2. The van der Waals surface area contributed by atoms with Crippen LogP contribution in [0.15, 0.2) is 72.6 Å². The van der Waals surface area contributed by atoms with Crippen LogP contribution in [0, 0.1) is 11.3 Å². The predicted octanol–water partition coefficient (Wildman–Crippen LogP) is 2.26. The second-order valence-electron chi connectivity index (χ2n) is 7.92. The van der Waals surface area contributed by atoms with Gasteiger partial charge in [0, 0.05) is 11.7 Å². The molecule has 0 aliphatic carbocycles. The smallest absolute Gasteiger partial charge is 0.348 e. The molecule has 0 heterocycles. The molecule has 0 aliphatic rings. The molecule has 2 unspecified atom stereocenters. The lowest BCUT2D eigenvalue weighted by molar-refractivity contribution is 0.0328. The molecule has 2 aromatic carbocycles. The number of rotatable bonds is 8. The third-order valence-electron chi connectivity index (χ3n) is 4.54. The average molecular weight is 421 g/mol. The van der Waals surface area contributed by atoms with E-state index in [2.05, 4.69) is 0 Å². The molecule has 5 nitrogen and oxygen atoms in total. The van der Waals surface area contributed by atoms with E-state index < -0.39 is 28.7 Å². The first-order chi connectivity index (χ1) is 13.1. The van der Waals surface area contributed by atoms with Crippen molar-refractivity contribution in [1.82, 2.24) is 0 Å². The summed E-state index contributed by atoms with van der Waals surface area (Å²) in [6.07, 6.45) is 0.529. The van der Waals surface area contributed by atoms with Gasteiger partial charge >= 0.3 is 7.60 Å². The van der Waals surface area contributed by atoms with Crippen molar-refractivity contribution in [2.75, 3.05) is 6.61 Å². The maximum Gasteiger partial charge on any atom is 0.348 e. The van der Waals surface area contributed by atoms with Crippen molar-refractivity contribution < 1.29 is 23.9 Å². The van der Waals surface area contributed by atoms with Gasteiger partial charge in [-0.15, -0.1) is 0 Å². The van der Waals surface area contributed by atoms with E-state index in [-0.39, 0.29) is 12.0 Å². The van der Waals surface area contributed by atoms with Gasteiger partial charge in [0.15, 0.2) is 0 Å². The molecule has 152 valence electrons. The highest BCUT2D eigenvalue weighted by atomic mass is 31.2. The molecule has 0 amide bonds. The summed E-state index contributed by atoms with van der Waals surface area (Å²) in [5, 5.41) is 13.0. The fourth-order valence-electron chi connectivity index (χ4n) is 3.14. The van der Waals surface area contributed by atoms with Gasteiger partial charge in [-0.25, -0.2) is 0 Å². The van der Waals surface area contributed by atoms with Crippen molar-refractivity contribution in [2.45, 2.75) is 26.9 Å². The molecule has 2 atom stereocenters. The van der Waals surface area contributed by atoms with Crippen molar-refractivity contribution in [3.63, 3.8) is 0 Å². The van der Waals surface area contributed by atoms with Crippen molar-refractivity contribution >= 4 is 27.0 Å². The molecule has 3 N–H and O–H groups in total. The van der Waals surface area contributed by atoms with Crippen LogP contribution in [0.4, 0.5) is 0 Å². The Balaban J connectivity index is 2.20. The number of hydrogen-bond donors (Lipinski definition) is 3. The second kappa shape index (κ2) is 9.79. The molecule has 0 bridgehead atoms. The third-order valence-corrected chi connectivity index (χ3v) is 7.61. The van der Waals surface area contributed by atoms with Gasteiger partial charge in [-0.3, -0.25) is 4.57 Å². The minimum absolute atomic E-state index is 0.0914. The largest absolute Gasteiger partial charge is 0.408 e. The average Bonchev–Trinajstić information content (AvgIpc) is 2.61. The highest BCUT2D eigenvalue weighted by molar-refractivity contribution is 7.55. The van der Waals surface area contributed by atoms with Crippen LogP contribution in [0.1, 0.15) is 20.8 Å². The van der Waals surface area contributed by atoms with Gasteiger partial charge in [0.05, 0.1) is 12.7 Å². The minimum atomic E-state index is -4.29. The van der Waals surface area contributed by atoms with E-state index in [9.17, 15) is 9.67 Å². The van der Waals surface area contributed by atoms with Gasteiger partial charge in [-0.1, -0.05) is 87.5 Å². The molecular formula is C21H29O5PSi. The highest BCUT2D eigenvalue weighted by Crippen LogP contribution is 2.39. The first-order valence-corrected chi connectivity index (χ1v) is 12.5. The zero-order chi connectivity index (χ0) is 20.8. The van der Waals surface area contributed by atoms with E-state index in [4.69, 9.17) is 14.2 Å². The van der Waals surface area contributed by atoms with Crippen LogP contribution < -0.4 is 10.4 Å². The van der Waals surface area contributed by atoms with Crippen molar-refractivity contribution in [3.8, 4) is 0 Å². The van der Waals surface area contributed by atoms with Gasteiger partial charge in [0.25, 0.3) is 0 Å². The zero-order valence-corrected chi connectivity index (χ0v) is 18.5. The van der Waals surface area contributed by atoms with Crippen LogP contribution >= 0.6 is 7.60 Å². The Morgan fingerprint density at radius 2 is 1.46 bits per heavy atom. The standard InChI is InChI=1S/C21H29O5PSi/c1-21(2,3)19(14-15-27(23,24)25)20(22)16-26-28(17-10-6-4-7-11-17)18-12-8-5-9-13-18/h4-15,19-20,22,28H,16H2,1-3H3,(H2,23,24,25). The summed E-state index contributed by atoms with van der Waals surface area (Å²) < 4.78 is 17.5. The number of aliphatic hydroxyl groups excluding tert-OH is 1. The third kappa shape index (κ3) is 7.13. The molecule has 7 heteroatoms. The van der Waals surface area contributed by atoms with Gasteiger partial charge in [0.1, 0.15) is 0 Å². The molecule has 0 aromatic heterocycles. The van der Waals surface area contributed by atoms with Crippen LogP contribution in [-0.4, -0.2) is 36.6 Å². The maximum atomic E-state index is 11.2. The Hall–Kier alpha value is -1.53. The van der Waals surface area contributed by atoms with Crippen LogP contribution in [-0.2, 0) is 8.99 Å². The van der Waals surface area contributed by atoms with Crippen LogP contribution in [0.3, 0.4) is 0 Å². The lowest BCUT2D eigenvalue weighted by Crippen LogP contribution is -2.47. The number of aliphatic hydroxyl groups is 1. The lowest BCUT2D eigenvalue weighted by Gasteiger charge is -2.33. The summed E-state index contributed by atoms with van der Waals surface area (Å²) in [5.74, 6) is 0.413. The summed E-state index contributed by atoms with van der Waals surface area (Å²) in [4.78, 5) is 18.3. The van der Waals surface area contributed by atoms with Gasteiger partial charge in [0.2, 0.25) is 9.04 Å². The van der Waals surface area contributed by atoms with Gasteiger partial charge in [-0.2, -0.15) is 0 Å². The zero-order valence-electron chi connectivity index (χ0n) is 16.5. The Morgan fingerprint density at radius 3 is 1.86 bits per heavy atom.